The summed E-state index contributed by atoms with van der Waals surface area (Å²) in [6, 6.07) is 15.7. The third kappa shape index (κ3) is 2.14. The molecule has 2 amide bonds. The summed E-state index contributed by atoms with van der Waals surface area (Å²) in [6.45, 7) is 0. The average Bonchev–Trinajstić information content (AvgIpc) is 2.76. The number of nitrogens with zero attached hydrogens (tertiary/aromatic N) is 1. The summed E-state index contributed by atoms with van der Waals surface area (Å²) in [4.78, 5) is 24.5. The van der Waals surface area contributed by atoms with E-state index in [-0.39, 0.29) is 11.8 Å². The number of hydrogen-bond acceptors (Lipinski definition) is 2. The normalized spacial score (nSPS) is 18.2. The van der Waals surface area contributed by atoms with Gasteiger partial charge in [-0.15, -0.1) is 0 Å². The number of nitrogens with one attached hydrogen (secondary N) is 1. The zero-order valence-electron chi connectivity index (χ0n) is 10.4. The number of rotatable bonds is 2. The number of amides is 2. The van der Waals surface area contributed by atoms with Crippen LogP contribution < -0.4 is 10.4 Å². The molecule has 20 heavy (non-hydrogen) atoms. The first-order valence-electron chi connectivity index (χ1n) is 6.12. The van der Waals surface area contributed by atoms with Crippen molar-refractivity contribution in [1.82, 2.24) is 5.43 Å². The van der Waals surface area contributed by atoms with E-state index in [1.54, 1.807) is 36.4 Å². The van der Waals surface area contributed by atoms with Gasteiger partial charge in [0.05, 0.1) is 5.69 Å². The van der Waals surface area contributed by atoms with Crippen LogP contribution in [0.15, 0.2) is 54.6 Å². The van der Waals surface area contributed by atoms with Crippen molar-refractivity contribution >= 4 is 29.1 Å². The maximum absolute atomic E-state index is 12.4. The number of hydrogen-bond donors (Lipinski definition) is 1. The number of benzene rings is 2. The molecule has 1 saturated heterocycles. The fourth-order valence-electron chi connectivity index (χ4n) is 2.19. The lowest BCUT2D eigenvalue weighted by Gasteiger charge is -2.15. The molecular formula is C15H11ClN2O2. The van der Waals surface area contributed by atoms with E-state index in [9.17, 15) is 9.59 Å². The monoisotopic (exact) mass is 286 g/mol. The highest BCUT2D eigenvalue weighted by Gasteiger charge is 2.40. The van der Waals surface area contributed by atoms with Crippen molar-refractivity contribution in [1.29, 1.82) is 0 Å². The lowest BCUT2D eigenvalue weighted by Crippen LogP contribution is -2.35. The Morgan fingerprint density at radius 1 is 0.950 bits per heavy atom. The Morgan fingerprint density at radius 3 is 2.25 bits per heavy atom. The van der Waals surface area contributed by atoms with Crippen molar-refractivity contribution in [3.05, 3.63) is 65.2 Å². The number of halogens is 1. The van der Waals surface area contributed by atoms with E-state index in [2.05, 4.69) is 5.43 Å². The van der Waals surface area contributed by atoms with Gasteiger partial charge in [-0.1, -0.05) is 41.9 Å². The molecule has 0 saturated carbocycles. The summed E-state index contributed by atoms with van der Waals surface area (Å²) in [7, 11) is 0. The molecule has 1 aliphatic rings. The van der Waals surface area contributed by atoms with Crippen LogP contribution in [0, 0.1) is 0 Å². The largest absolute Gasteiger partial charge is 0.272 e. The van der Waals surface area contributed by atoms with Gasteiger partial charge in [-0.05, 0) is 29.8 Å². The zero-order chi connectivity index (χ0) is 14.1. The van der Waals surface area contributed by atoms with Crippen LogP contribution in [0.2, 0.25) is 5.02 Å². The first-order chi connectivity index (χ1) is 9.66. The van der Waals surface area contributed by atoms with Crippen molar-refractivity contribution in [3.63, 3.8) is 0 Å². The fourth-order valence-corrected chi connectivity index (χ4v) is 2.32. The van der Waals surface area contributed by atoms with Crippen LogP contribution in [-0.2, 0) is 9.59 Å². The van der Waals surface area contributed by atoms with Crippen LogP contribution in [0.3, 0.4) is 0 Å². The van der Waals surface area contributed by atoms with Gasteiger partial charge in [0.2, 0.25) is 0 Å². The van der Waals surface area contributed by atoms with Crippen LogP contribution in [0.1, 0.15) is 11.5 Å². The second-order valence-electron chi connectivity index (χ2n) is 4.47. The Balaban J connectivity index is 1.93. The molecule has 1 unspecified atom stereocenters. The second-order valence-corrected chi connectivity index (χ2v) is 4.91. The second kappa shape index (κ2) is 4.98. The third-order valence-corrected chi connectivity index (χ3v) is 3.42. The molecule has 1 aliphatic heterocycles. The molecule has 5 heteroatoms. The average molecular weight is 287 g/mol. The van der Waals surface area contributed by atoms with Crippen LogP contribution in [0.25, 0.3) is 0 Å². The third-order valence-electron chi connectivity index (χ3n) is 3.17. The van der Waals surface area contributed by atoms with Gasteiger partial charge < -0.3 is 0 Å². The quantitative estimate of drug-likeness (QED) is 0.863. The van der Waals surface area contributed by atoms with Crippen molar-refractivity contribution in [2.75, 3.05) is 5.01 Å². The molecule has 4 nitrogen and oxygen atoms in total. The van der Waals surface area contributed by atoms with Gasteiger partial charge in [-0.2, -0.15) is 0 Å². The number of carbonyl (C=O) groups excluding carboxylic acids is 2. The lowest BCUT2D eigenvalue weighted by atomic mass is 9.99. The highest BCUT2D eigenvalue weighted by molar-refractivity contribution is 6.30. The van der Waals surface area contributed by atoms with Gasteiger partial charge >= 0.3 is 0 Å². The number of anilines is 1. The van der Waals surface area contributed by atoms with E-state index < -0.39 is 5.92 Å². The van der Waals surface area contributed by atoms with E-state index in [4.69, 9.17) is 11.6 Å². The lowest BCUT2D eigenvalue weighted by molar-refractivity contribution is -0.124. The molecular weight excluding hydrogens is 276 g/mol. The van der Waals surface area contributed by atoms with E-state index in [1.165, 1.54) is 5.01 Å². The van der Waals surface area contributed by atoms with Gasteiger partial charge in [0.15, 0.2) is 0 Å². The summed E-state index contributed by atoms with van der Waals surface area (Å²) in [5.74, 6) is -1.45. The molecule has 1 heterocycles. The molecule has 2 aromatic carbocycles. The molecule has 1 atom stereocenters. The van der Waals surface area contributed by atoms with Gasteiger partial charge in [0.1, 0.15) is 5.92 Å². The Morgan fingerprint density at radius 2 is 1.60 bits per heavy atom. The summed E-state index contributed by atoms with van der Waals surface area (Å²) in [5.41, 5.74) is 3.87. The van der Waals surface area contributed by atoms with Crippen LogP contribution >= 0.6 is 11.6 Å². The van der Waals surface area contributed by atoms with Gasteiger partial charge in [-0.25, -0.2) is 5.01 Å². The van der Waals surface area contributed by atoms with Gasteiger partial charge in [0, 0.05) is 5.02 Å². The highest BCUT2D eigenvalue weighted by atomic mass is 35.5. The van der Waals surface area contributed by atoms with Crippen LogP contribution in [0.5, 0.6) is 0 Å². The summed E-state index contributed by atoms with van der Waals surface area (Å²) in [6.07, 6.45) is 0. The minimum absolute atomic E-state index is 0.288. The molecule has 100 valence electrons. The van der Waals surface area contributed by atoms with Crippen molar-refractivity contribution in [2.45, 2.75) is 5.92 Å². The van der Waals surface area contributed by atoms with E-state index in [1.807, 2.05) is 18.2 Å². The Kier molecular flexibility index (Phi) is 3.16. The SMILES string of the molecule is O=C1NN(c2ccccc2)C(=O)C1c1ccc(Cl)cc1. The summed E-state index contributed by atoms with van der Waals surface area (Å²) >= 11 is 5.82. The maximum atomic E-state index is 12.4. The Hall–Kier alpha value is -2.33. The Bertz CT molecular complexity index is 655. The molecule has 2 aromatic rings. The first kappa shape index (κ1) is 12.7. The smallest absolute Gasteiger partial charge is 0.262 e. The fraction of sp³-hybridized carbons (Fsp3) is 0.0667. The topological polar surface area (TPSA) is 49.4 Å². The highest BCUT2D eigenvalue weighted by Crippen LogP contribution is 2.27. The molecule has 1 N–H and O–H groups in total. The van der Waals surface area contributed by atoms with E-state index in [0.29, 0.717) is 16.3 Å². The molecule has 1 fully saturated rings. The molecule has 3 rings (SSSR count). The van der Waals surface area contributed by atoms with Crippen LogP contribution in [-0.4, -0.2) is 11.8 Å². The predicted octanol–water partition coefficient (Wildman–Crippen LogP) is 2.50. The first-order valence-corrected chi connectivity index (χ1v) is 6.49. The summed E-state index contributed by atoms with van der Waals surface area (Å²) < 4.78 is 0. The van der Waals surface area contributed by atoms with Crippen LogP contribution in [0.4, 0.5) is 5.69 Å². The molecule has 0 bridgehead atoms. The van der Waals surface area contributed by atoms with Gasteiger partial charge in [0.25, 0.3) is 11.8 Å². The molecule has 0 aliphatic carbocycles. The number of hydrazine groups is 1. The van der Waals surface area contributed by atoms with Crippen molar-refractivity contribution in [3.8, 4) is 0 Å². The molecule has 0 radical (unpaired) electrons. The van der Waals surface area contributed by atoms with E-state index in [0.717, 1.165) is 0 Å². The zero-order valence-corrected chi connectivity index (χ0v) is 11.2. The van der Waals surface area contributed by atoms with Crippen molar-refractivity contribution < 1.29 is 9.59 Å². The summed E-state index contributed by atoms with van der Waals surface area (Å²) in [5, 5.41) is 1.85. The van der Waals surface area contributed by atoms with E-state index >= 15 is 0 Å². The van der Waals surface area contributed by atoms with Crippen molar-refractivity contribution in [2.24, 2.45) is 0 Å². The minimum Gasteiger partial charge on any atom is -0.272 e. The maximum Gasteiger partial charge on any atom is 0.262 e. The minimum atomic E-state index is -0.826. The standard InChI is InChI=1S/C15H11ClN2O2/c16-11-8-6-10(7-9-11)13-14(19)17-18(15(13)20)12-4-2-1-3-5-12/h1-9,13H,(H,17,19). The number of carbonyl (C=O) groups is 2. The Labute approximate surface area is 120 Å². The predicted molar refractivity (Wildman–Crippen MR) is 76.3 cm³/mol. The number of para-hydroxylation sites is 1. The molecule has 0 spiro atoms. The molecule has 0 aromatic heterocycles. The van der Waals surface area contributed by atoms with Gasteiger partial charge in [-0.3, -0.25) is 15.0 Å².